The summed E-state index contributed by atoms with van der Waals surface area (Å²) in [5.41, 5.74) is 3.84. The second-order valence-electron chi connectivity index (χ2n) is 12.1. The summed E-state index contributed by atoms with van der Waals surface area (Å²) in [6, 6.07) is 9.11. The molecule has 0 bridgehead atoms. The maximum atomic E-state index is 11.7. The van der Waals surface area contributed by atoms with Crippen LogP contribution in [-0.4, -0.2) is 62.1 Å². The zero-order valence-electron chi connectivity index (χ0n) is 33.2. The third kappa shape index (κ3) is 16.1. The van der Waals surface area contributed by atoms with Gasteiger partial charge in [0.1, 0.15) is 15.8 Å². The van der Waals surface area contributed by atoms with Gasteiger partial charge in [0.25, 0.3) is 5.95 Å². The van der Waals surface area contributed by atoms with Crippen LogP contribution < -0.4 is 272 Å². The van der Waals surface area contributed by atoms with Gasteiger partial charge in [0.2, 0.25) is 11.9 Å². The molecule has 284 valence electrons. The number of ether oxygens (including phenoxy) is 1. The number of carbonyl (C=O) groups excluding carboxylic acids is 4. The molecule has 4 N–H and O–H groups in total. The third-order valence-electron chi connectivity index (χ3n) is 7.10. The van der Waals surface area contributed by atoms with Gasteiger partial charge >= 0.3 is 235 Å². The average Bonchev–Trinajstić information content (AvgIpc) is 3.43. The van der Waals surface area contributed by atoms with Gasteiger partial charge in [-0.3, -0.25) is 0 Å². The number of carboxylic acid groups (broad SMARTS) is 3. The van der Waals surface area contributed by atoms with Crippen molar-refractivity contribution < 1.29 is 287 Å². The molecule has 0 fully saturated rings. The van der Waals surface area contributed by atoms with E-state index in [1.165, 1.54) is 12.5 Å². The number of hydrogen-bond donors (Lipinski definition) is 3. The van der Waals surface area contributed by atoms with Gasteiger partial charge < -0.3 is 60.2 Å². The maximum Gasteiger partial charge on any atom is 1.00 e. The number of hydrogen-bond acceptors (Lipinski definition) is 20. The van der Waals surface area contributed by atoms with Crippen molar-refractivity contribution in [3.8, 4) is 11.7 Å². The Hall–Kier alpha value is 0.505. The second kappa shape index (κ2) is 26.0. The number of nitrogens with two attached hydrogens (primary N) is 1. The van der Waals surface area contributed by atoms with Crippen LogP contribution in [0.25, 0.3) is 5.95 Å². The second-order valence-corrected chi connectivity index (χ2v) is 13.9. The molecule has 28 heteroatoms. The predicted octanol–water partition coefficient (Wildman–Crippen LogP) is -14.0. The smallest absolute Gasteiger partial charge is 0.744 e. The Kier molecular flexibility index (Phi) is 26.2. The van der Waals surface area contributed by atoms with Crippen molar-refractivity contribution >= 4 is 86.6 Å². The molecular weight excluding hydrogens is 947 g/mol. The Bertz CT molecular complexity index is 2530. The molecule has 0 aliphatic rings. The van der Waals surface area contributed by atoms with E-state index < -0.39 is 55.0 Å². The van der Waals surface area contributed by atoms with Gasteiger partial charge in [-0.05, 0) is 64.9 Å². The summed E-state index contributed by atoms with van der Waals surface area (Å²) in [5, 5.41) is 52.9. The normalized spacial score (nSPS) is 10.7. The molecule has 2 aromatic heterocycles. The average molecular weight is 969 g/mol. The van der Waals surface area contributed by atoms with E-state index in [0.717, 1.165) is 53.2 Å². The van der Waals surface area contributed by atoms with Crippen LogP contribution in [0.15, 0.2) is 69.7 Å². The fourth-order valence-electron chi connectivity index (χ4n) is 4.67. The van der Waals surface area contributed by atoms with E-state index in [-0.39, 0.29) is 298 Å². The molecule has 2 heterocycles. The summed E-state index contributed by atoms with van der Waals surface area (Å²) in [6.45, 7) is 6.38. The molecule has 0 aliphatic carbocycles. The van der Waals surface area contributed by atoms with Gasteiger partial charge in [-0.15, -0.1) is 10.2 Å². The van der Waals surface area contributed by atoms with Crippen LogP contribution in [-0.2, 0) is 20.3 Å². The molecule has 0 spiro atoms. The van der Waals surface area contributed by atoms with Gasteiger partial charge in [-0.25, -0.2) is 8.42 Å². The van der Waals surface area contributed by atoms with Crippen LogP contribution in [0.4, 0.5) is 40.5 Å². The molecule has 5 aromatic rings. The minimum atomic E-state index is -4.88. The Morgan fingerprint density at radius 1 is 0.817 bits per heavy atom. The van der Waals surface area contributed by atoms with Crippen LogP contribution >= 0.6 is 11.6 Å². The minimum Gasteiger partial charge on any atom is -0.744 e. The third-order valence-corrected chi connectivity index (χ3v) is 8.25. The van der Waals surface area contributed by atoms with E-state index >= 15 is 0 Å². The Balaban J connectivity index is 0.00000696. The van der Waals surface area contributed by atoms with Gasteiger partial charge in [0.05, 0.1) is 33.5 Å². The predicted molar refractivity (Wildman–Crippen MR) is 182 cm³/mol. The number of nitrogens with zero attached hydrogens (tertiary/aromatic N) is 7. The van der Waals surface area contributed by atoms with Crippen LogP contribution in [0, 0.1) is 0 Å². The van der Waals surface area contributed by atoms with E-state index in [4.69, 9.17) is 17.3 Å². The van der Waals surface area contributed by atoms with E-state index in [9.17, 15) is 47.5 Å². The topological polar surface area (TPSA) is 335 Å². The maximum absolute atomic E-state index is 11.7. The molecule has 0 unspecified atom stereocenters. The van der Waals surface area contributed by atoms with Crippen molar-refractivity contribution in [2.24, 2.45) is 10.2 Å². The molecule has 0 saturated heterocycles. The Morgan fingerprint density at radius 2 is 1.32 bits per heavy atom. The first-order valence-corrected chi connectivity index (χ1v) is 16.9. The summed E-state index contributed by atoms with van der Waals surface area (Å²) >= 11 is 6.18. The van der Waals surface area contributed by atoms with E-state index in [1.807, 2.05) is 0 Å². The number of anilines is 5. The molecule has 0 radical (unpaired) electrons. The van der Waals surface area contributed by atoms with Crippen molar-refractivity contribution in [1.82, 2.24) is 24.7 Å². The largest absolute Gasteiger partial charge is 1.00 e. The quantitative estimate of drug-likeness (QED) is 0.0427. The van der Waals surface area contributed by atoms with Crippen LogP contribution in [0.2, 0.25) is 5.02 Å². The molecule has 5 rings (SSSR count). The number of nitrogen functional groups attached to an aromatic ring is 1. The van der Waals surface area contributed by atoms with E-state index in [2.05, 4.69) is 45.6 Å². The fraction of sp³-hybridized carbons (Fsp3) is 0.125. The van der Waals surface area contributed by atoms with Crippen molar-refractivity contribution in [3.05, 3.63) is 82.0 Å². The summed E-state index contributed by atoms with van der Waals surface area (Å²) < 4.78 is 40.5. The Labute approximate surface area is 538 Å². The summed E-state index contributed by atoms with van der Waals surface area (Å²) in [4.78, 5) is 58.0. The van der Waals surface area contributed by atoms with Gasteiger partial charge in [-0.1, -0.05) is 44.5 Å². The van der Waals surface area contributed by atoms with E-state index in [1.54, 1.807) is 20.8 Å². The number of rotatable bonds is 13. The monoisotopic (exact) mass is 968 g/mol. The van der Waals surface area contributed by atoms with Crippen LogP contribution in [0.5, 0.6) is 5.75 Å². The summed E-state index contributed by atoms with van der Waals surface area (Å²) in [7, 11) is -4.88. The SMILES string of the molecule is CC(C)(C)c1nn(-c2nc(Nc3cc(O[C-]=O)cc(C(=O)[O-])c3)nc(Nc3cc(C(=O)[O-])cc(C(=O)[O-])c3)n2)c(N)c1N=Nc1cc(S(=O)(=O)[O-])ccc1Cl.[K+].[K+].[K+].[K+].[Na+]. The van der Waals surface area contributed by atoms with Crippen molar-refractivity contribution in [1.29, 1.82) is 0 Å². The van der Waals surface area contributed by atoms with E-state index in [0.29, 0.717) is 0 Å². The first-order valence-electron chi connectivity index (χ1n) is 15.1. The van der Waals surface area contributed by atoms with Crippen LogP contribution in [0.1, 0.15) is 57.5 Å². The molecular formula is C32H22ClK4N10NaO11S. The summed E-state index contributed by atoms with van der Waals surface area (Å²) in [5.74, 6) is -6.71. The zero-order chi connectivity index (χ0) is 40.4. The van der Waals surface area contributed by atoms with Crippen molar-refractivity contribution in [3.63, 3.8) is 0 Å². The summed E-state index contributed by atoms with van der Waals surface area (Å²) in [6.07, 6.45) is 0. The number of carbonyl (C=O) groups is 3. The molecule has 0 aliphatic heterocycles. The number of carboxylic acids is 3. The first-order chi connectivity index (χ1) is 25.7. The molecule has 0 saturated carbocycles. The number of benzene rings is 3. The molecule has 0 atom stereocenters. The number of nitrogens with one attached hydrogen (secondary N) is 2. The standard InChI is InChI=1S/C32H26ClN10O11S.4K.Na/c1-32(2,3)24-23(41-40-22-12-20(55(51,52)53)4-5-21(22)33)25(34)43(42-24)31-38-29(35-17-7-14(26(45)46)6-15(8-17)27(47)48)37-30(39-31)36-18-9-16(28(49)50)10-19(11-18)54-13-44;;;;;/h4-12H,34H2,1-3H3,(H,45,46)(H,47,48)(H,49,50)(H,51,52,53)(H2,35,36,37,38,39);;;;;/q-1;5*+1/p-4. The number of azo groups is 1. The van der Waals surface area contributed by atoms with Gasteiger partial charge in [0.15, 0.2) is 18.0 Å². The number of aromatic nitrogens is 5. The molecule has 3 aromatic carbocycles. The first kappa shape index (κ1) is 60.5. The van der Waals surface area contributed by atoms with Crippen molar-refractivity contribution in [2.45, 2.75) is 31.1 Å². The molecule has 60 heavy (non-hydrogen) atoms. The zero-order valence-corrected chi connectivity index (χ0v) is 49.2. The Morgan fingerprint density at radius 3 is 1.78 bits per heavy atom. The molecule has 21 nitrogen and oxygen atoms in total. The van der Waals surface area contributed by atoms with Crippen molar-refractivity contribution in [2.75, 3.05) is 16.4 Å². The minimum absolute atomic E-state index is 0. The van der Waals surface area contributed by atoms with Gasteiger partial charge in [-0.2, -0.15) is 24.7 Å². The van der Waals surface area contributed by atoms with Gasteiger partial charge in [0, 0.05) is 16.8 Å². The fourth-order valence-corrected chi connectivity index (χ4v) is 5.31. The number of halogens is 1. The molecule has 0 amide bonds. The van der Waals surface area contributed by atoms with Crippen LogP contribution in [0.3, 0.4) is 0 Å². The number of aromatic carboxylic acids is 3.